The smallest absolute Gasteiger partial charge is 0.269 e. The highest BCUT2D eigenvalue weighted by Crippen LogP contribution is 2.12. The van der Waals surface area contributed by atoms with Gasteiger partial charge >= 0.3 is 0 Å². The highest BCUT2D eigenvalue weighted by atomic mass is 16.6. The molecule has 0 aliphatic carbocycles. The van der Waals surface area contributed by atoms with Crippen molar-refractivity contribution >= 4 is 5.69 Å². The van der Waals surface area contributed by atoms with E-state index in [4.69, 9.17) is 0 Å². The molecule has 0 amide bonds. The van der Waals surface area contributed by atoms with Crippen molar-refractivity contribution in [3.8, 4) is 0 Å². The summed E-state index contributed by atoms with van der Waals surface area (Å²) >= 11 is 0. The van der Waals surface area contributed by atoms with Gasteiger partial charge in [-0.15, -0.1) is 0 Å². The third-order valence-electron chi connectivity index (χ3n) is 3.08. The highest BCUT2D eigenvalue weighted by Gasteiger charge is 2.12. The average molecular weight is 235 g/mol. The van der Waals surface area contributed by atoms with Crippen molar-refractivity contribution in [3.05, 3.63) is 39.9 Å². The van der Waals surface area contributed by atoms with Crippen molar-refractivity contribution < 1.29 is 4.92 Å². The second-order valence-corrected chi connectivity index (χ2v) is 4.33. The molecule has 1 aliphatic rings. The number of benzene rings is 1. The molecule has 17 heavy (non-hydrogen) atoms. The first kappa shape index (κ1) is 12.0. The van der Waals surface area contributed by atoms with E-state index in [2.05, 4.69) is 10.6 Å². The summed E-state index contributed by atoms with van der Waals surface area (Å²) in [6.07, 6.45) is 2.29. The lowest BCUT2D eigenvalue weighted by molar-refractivity contribution is -0.384. The number of nitro groups is 1. The molecule has 0 saturated carbocycles. The van der Waals surface area contributed by atoms with E-state index >= 15 is 0 Å². The van der Waals surface area contributed by atoms with Crippen molar-refractivity contribution in [3.63, 3.8) is 0 Å². The Hall–Kier alpha value is -1.46. The van der Waals surface area contributed by atoms with Gasteiger partial charge in [-0.05, 0) is 31.5 Å². The summed E-state index contributed by atoms with van der Waals surface area (Å²) in [5, 5.41) is 17.3. The zero-order chi connectivity index (χ0) is 12.1. The Bertz CT molecular complexity index is 372. The Labute approximate surface area is 100 Å². The molecule has 0 unspecified atom stereocenters. The summed E-state index contributed by atoms with van der Waals surface area (Å²) < 4.78 is 0. The van der Waals surface area contributed by atoms with Crippen LogP contribution in [0.15, 0.2) is 24.3 Å². The molecule has 92 valence electrons. The van der Waals surface area contributed by atoms with Gasteiger partial charge in [0, 0.05) is 24.7 Å². The average Bonchev–Trinajstić information content (AvgIpc) is 2.38. The minimum Gasteiger partial charge on any atom is -0.317 e. The molecule has 0 atom stereocenters. The molecule has 1 aliphatic heterocycles. The fraction of sp³-hybridized carbons (Fsp3) is 0.500. The highest BCUT2D eigenvalue weighted by molar-refractivity contribution is 5.32. The molecule has 1 saturated heterocycles. The summed E-state index contributed by atoms with van der Waals surface area (Å²) in [4.78, 5) is 10.1. The van der Waals surface area contributed by atoms with Gasteiger partial charge in [0.25, 0.3) is 5.69 Å². The molecule has 2 rings (SSSR count). The fourth-order valence-corrected chi connectivity index (χ4v) is 2.02. The molecule has 5 nitrogen and oxygen atoms in total. The zero-order valence-electron chi connectivity index (χ0n) is 9.69. The van der Waals surface area contributed by atoms with Gasteiger partial charge in [0.15, 0.2) is 0 Å². The van der Waals surface area contributed by atoms with Gasteiger partial charge in [0.1, 0.15) is 0 Å². The number of nitrogens with zero attached hydrogens (tertiary/aromatic N) is 1. The van der Waals surface area contributed by atoms with E-state index in [0.29, 0.717) is 6.04 Å². The predicted octanol–water partition coefficient (Wildman–Crippen LogP) is 1.44. The Kier molecular flexibility index (Phi) is 4.06. The molecule has 1 heterocycles. The van der Waals surface area contributed by atoms with Crippen molar-refractivity contribution in [1.29, 1.82) is 0 Å². The minimum atomic E-state index is -0.371. The molecule has 0 bridgehead atoms. The van der Waals surface area contributed by atoms with Crippen molar-refractivity contribution in [1.82, 2.24) is 10.6 Å². The summed E-state index contributed by atoms with van der Waals surface area (Å²) in [6, 6.07) is 7.29. The molecule has 0 spiro atoms. The Morgan fingerprint density at radius 3 is 2.53 bits per heavy atom. The molecule has 0 radical (unpaired) electrons. The third kappa shape index (κ3) is 3.51. The van der Waals surface area contributed by atoms with Crippen LogP contribution in [0, 0.1) is 10.1 Å². The molecule has 0 aromatic heterocycles. The van der Waals surface area contributed by atoms with E-state index in [1.807, 2.05) is 12.1 Å². The number of piperidine rings is 1. The second-order valence-electron chi connectivity index (χ2n) is 4.33. The molecular formula is C12H17N3O2. The second kappa shape index (κ2) is 5.75. The maximum Gasteiger partial charge on any atom is 0.269 e. The van der Waals surface area contributed by atoms with Crippen LogP contribution in [0.1, 0.15) is 18.4 Å². The van der Waals surface area contributed by atoms with Gasteiger partial charge in [0.05, 0.1) is 4.92 Å². The number of non-ortho nitro benzene ring substituents is 1. The monoisotopic (exact) mass is 235 g/mol. The molecule has 1 aromatic rings. The van der Waals surface area contributed by atoms with Crippen LogP contribution in [0.5, 0.6) is 0 Å². The number of rotatable bonds is 4. The van der Waals surface area contributed by atoms with Crippen LogP contribution in [0.2, 0.25) is 0 Å². The summed E-state index contributed by atoms with van der Waals surface area (Å²) in [7, 11) is 0. The van der Waals surface area contributed by atoms with Crippen LogP contribution < -0.4 is 10.6 Å². The largest absolute Gasteiger partial charge is 0.317 e. The van der Waals surface area contributed by atoms with Crippen LogP contribution >= 0.6 is 0 Å². The van der Waals surface area contributed by atoms with E-state index in [9.17, 15) is 10.1 Å². The molecule has 2 N–H and O–H groups in total. The Morgan fingerprint density at radius 1 is 1.29 bits per heavy atom. The number of nitro benzene ring substituents is 1. The van der Waals surface area contributed by atoms with Gasteiger partial charge in [0.2, 0.25) is 0 Å². The molecular weight excluding hydrogens is 218 g/mol. The van der Waals surface area contributed by atoms with Gasteiger partial charge < -0.3 is 10.6 Å². The molecule has 1 aromatic carbocycles. The normalized spacial score (nSPS) is 16.9. The van der Waals surface area contributed by atoms with Gasteiger partial charge in [-0.3, -0.25) is 10.1 Å². The van der Waals surface area contributed by atoms with Gasteiger partial charge in [-0.1, -0.05) is 12.1 Å². The molecule has 5 heteroatoms. The standard InChI is InChI=1S/C12H17N3O2/c16-15(17)12-3-1-10(2-4-12)9-14-11-5-7-13-8-6-11/h1-4,11,13-14H,5-9H2. The Balaban J connectivity index is 1.84. The van der Waals surface area contributed by atoms with Crippen molar-refractivity contribution in [2.24, 2.45) is 0 Å². The number of hydrogen-bond acceptors (Lipinski definition) is 4. The fourth-order valence-electron chi connectivity index (χ4n) is 2.02. The van der Waals surface area contributed by atoms with E-state index in [-0.39, 0.29) is 10.6 Å². The maximum atomic E-state index is 10.5. The Morgan fingerprint density at radius 2 is 1.94 bits per heavy atom. The first-order chi connectivity index (χ1) is 8.25. The first-order valence-corrected chi connectivity index (χ1v) is 5.93. The zero-order valence-corrected chi connectivity index (χ0v) is 9.69. The lowest BCUT2D eigenvalue weighted by Gasteiger charge is -2.23. The van der Waals surface area contributed by atoms with Crippen LogP contribution in [-0.4, -0.2) is 24.1 Å². The minimum absolute atomic E-state index is 0.149. The number of hydrogen-bond donors (Lipinski definition) is 2. The van der Waals surface area contributed by atoms with Crippen molar-refractivity contribution in [2.75, 3.05) is 13.1 Å². The summed E-state index contributed by atoms with van der Waals surface area (Å²) in [5.74, 6) is 0. The van der Waals surface area contributed by atoms with Crippen LogP contribution in [0.4, 0.5) is 5.69 Å². The topological polar surface area (TPSA) is 67.2 Å². The van der Waals surface area contributed by atoms with E-state index in [1.165, 1.54) is 0 Å². The first-order valence-electron chi connectivity index (χ1n) is 5.93. The van der Waals surface area contributed by atoms with E-state index in [1.54, 1.807) is 12.1 Å². The van der Waals surface area contributed by atoms with E-state index in [0.717, 1.165) is 38.0 Å². The van der Waals surface area contributed by atoms with E-state index < -0.39 is 0 Å². The maximum absolute atomic E-state index is 10.5. The summed E-state index contributed by atoms with van der Waals surface area (Å²) in [6.45, 7) is 2.92. The SMILES string of the molecule is O=[N+]([O-])c1ccc(CNC2CCNCC2)cc1. The van der Waals surface area contributed by atoms with Crippen LogP contribution in [0.3, 0.4) is 0 Å². The number of nitrogens with one attached hydrogen (secondary N) is 2. The molecule has 1 fully saturated rings. The lowest BCUT2D eigenvalue weighted by atomic mass is 10.1. The van der Waals surface area contributed by atoms with Gasteiger partial charge in [-0.2, -0.15) is 0 Å². The van der Waals surface area contributed by atoms with Crippen LogP contribution in [-0.2, 0) is 6.54 Å². The predicted molar refractivity (Wildman–Crippen MR) is 65.8 cm³/mol. The quantitative estimate of drug-likeness (QED) is 0.612. The third-order valence-corrected chi connectivity index (χ3v) is 3.08. The van der Waals surface area contributed by atoms with Crippen molar-refractivity contribution in [2.45, 2.75) is 25.4 Å². The lowest BCUT2D eigenvalue weighted by Crippen LogP contribution is -2.39. The summed E-state index contributed by atoms with van der Waals surface area (Å²) in [5.41, 5.74) is 1.24. The van der Waals surface area contributed by atoms with Gasteiger partial charge in [-0.25, -0.2) is 0 Å². The van der Waals surface area contributed by atoms with Crippen LogP contribution in [0.25, 0.3) is 0 Å².